The molecule has 0 unspecified atom stereocenters. The number of thiophene rings is 1. The van der Waals surface area contributed by atoms with Crippen molar-refractivity contribution < 1.29 is 30.0 Å². The molecule has 0 aliphatic heterocycles. The maximum atomic E-state index is 10.0. The van der Waals surface area contributed by atoms with Gasteiger partial charge in [0, 0.05) is 52.9 Å². The van der Waals surface area contributed by atoms with Crippen LogP contribution >= 0.6 is 11.3 Å². The van der Waals surface area contributed by atoms with Crippen molar-refractivity contribution in [1.29, 1.82) is 0 Å². The predicted molar refractivity (Wildman–Crippen MR) is 135 cm³/mol. The van der Waals surface area contributed by atoms with E-state index in [9.17, 15) is 4.79 Å². The molecule has 2 aromatic carbocycles. The molecule has 0 amide bonds. The van der Waals surface area contributed by atoms with E-state index >= 15 is 0 Å². The maximum absolute atomic E-state index is 10.0. The van der Waals surface area contributed by atoms with Crippen LogP contribution in [-0.2, 0) is 37.7 Å². The van der Waals surface area contributed by atoms with Crippen LogP contribution < -0.4 is 0 Å². The summed E-state index contributed by atoms with van der Waals surface area (Å²) in [6.45, 7) is 7.31. The standard InChI is InChI=1S/C23H20NS.C5H8O2.Ir/c1-14-7-3-5-9-17(14)22-23-19(11-12-24-22)21-15(2)18-10-6-4-8-16(18)13-20(21)25-23;1-4(6)3-5(2)7;/h3,5,7,11-13H,4,6,8,10H2,1-2H3;3,6H,1-2H3;/q-1;;/b;4-3-;. The summed E-state index contributed by atoms with van der Waals surface area (Å²) in [6.07, 6.45) is 8.25. The number of ketones is 1. The second-order valence-corrected chi connectivity index (χ2v) is 9.53. The Morgan fingerprint density at radius 2 is 1.94 bits per heavy atom. The van der Waals surface area contributed by atoms with Crippen LogP contribution in [0.25, 0.3) is 31.4 Å². The average molecular weight is 635 g/mol. The van der Waals surface area contributed by atoms with Crippen molar-refractivity contribution in [2.45, 2.75) is 53.4 Å². The Kier molecular flexibility index (Phi) is 8.23. The number of aryl methyl sites for hydroxylation is 3. The van der Waals surface area contributed by atoms with Gasteiger partial charge in [0.15, 0.2) is 5.78 Å². The minimum absolute atomic E-state index is 0. The van der Waals surface area contributed by atoms with Gasteiger partial charge in [-0.05, 0) is 80.7 Å². The molecule has 2 heterocycles. The summed E-state index contributed by atoms with van der Waals surface area (Å²) >= 11 is 1.90. The Hall–Kier alpha value is -2.33. The van der Waals surface area contributed by atoms with Crippen LogP contribution in [0.15, 0.2) is 48.4 Å². The fourth-order valence-corrected chi connectivity index (χ4v) is 5.92. The molecule has 0 saturated carbocycles. The number of carbonyl (C=O) groups is 1. The molecule has 0 bridgehead atoms. The summed E-state index contributed by atoms with van der Waals surface area (Å²) in [7, 11) is 0. The summed E-state index contributed by atoms with van der Waals surface area (Å²) in [5.41, 5.74) is 8.09. The van der Waals surface area contributed by atoms with Crippen molar-refractivity contribution in [3.8, 4) is 11.3 Å². The van der Waals surface area contributed by atoms with Crippen LogP contribution in [0.3, 0.4) is 0 Å². The van der Waals surface area contributed by atoms with E-state index in [0.29, 0.717) is 0 Å². The fraction of sp³-hybridized carbons (Fsp3) is 0.286. The van der Waals surface area contributed by atoms with Crippen molar-refractivity contribution in [2.24, 2.45) is 0 Å². The Balaban J connectivity index is 0.000000337. The SMILES string of the molecule is CC(=O)/C=C(/C)O.Cc1ccc[c-]c1-c1nccc2c1sc1cc3c(c(C)c12)CCCC3.[Ir]. The number of allylic oxidation sites excluding steroid dienone is 2. The number of hydrogen-bond acceptors (Lipinski definition) is 4. The van der Waals surface area contributed by atoms with Gasteiger partial charge in [-0.2, -0.15) is 0 Å². The number of aromatic nitrogens is 1. The largest absolute Gasteiger partial charge is 0.512 e. The van der Waals surface area contributed by atoms with Crippen molar-refractivity contribution in [3.05, 3.63) is 76.7 Å². The number of fused-ring (bicyclic) bond motifs is 4. The Bertz CT molecular complexity index is 1350. The number of aliphatic hydroxyl groups excluding tert-OH is 1. The quantitative estimate of drug-likeness (QED) is 0.142. The molecule has 1 N–H and O–H groups in total. The van der Waals surface area contributed by atoms with Gasteiger partial charge in [0.1, 0.15) is 0 Å². The van der Waals surface area contributed by atoms with E-state index in [-0.39, 0.29) is 31.6 Å². The minimum atomic E-state index is -0.125. The van der Waals surface area contributed by atoms with E-state index in [4.69, 9.17) is 10.1 Å². The third-order valence-electron chi connectivity index (χ3n) is 5.99. The number of aliphatic hydroxyl groups is 1. The summed E-state index contributed by atoms with van der Waals surface area (Å²) in [5.74, 6) is -0.0625. The molecule has 0 spiro atoms. The first-order valence-electron chi connectivity index (χ1n) is 11.0. The number of benzene rings is 2. The molecule has 1 aliphatic carbocycles. The van der Waals surface area contributed by atoms with Crippen molar-refractivity contribution in [2.75, 3.05) is 0 Å². The normalized spacial score (nSPS) is 13.2. The van der Waals surface area contributed by atoms with E-state index in [2.05, 4.69) is 38.1 Å². The van der Waals surface area contributed by atoms with Crippen molar-refractivity contribution >= 4 is 37.3 Å². The van der Waals surface area contributed by atoms with Gasteiger partial charge in [-0.25, -0.2) is 0 Å². The van der Waals surface area contributed by atoms with Crippen molar-refractivity contribution in [3.63, 3.8) is 0 Å². The molecule has 0 saturated heterocycles. The van der Waals surface area contributed by atoms with Gasteiger partial charge in [-0.1, -0.05) is 6.92 Å². The van der Waals surface area contributed by atoms with Gasteiger partial charge in [0.05, 0.1) is 5.76 Å². The zero-order valence-corrected chi connectivity index (χ0v) is 22.6. The monoisotopic (exact) mass is 635 g/mol. The zero-order chi connectivity index (χ0) is 22.8. The molecular weight excluding hydrogens is 607 g/mol. The Morgan fingerprint density at radius 3 is 2.61 bits per heavy atom. The second kappa shape index (κ2) is 10.7. The average Bonchev–Trinajstić information content (AvgIpc) is 3.12. The van der Waals surface area contributed by atoms with Crippen LogP contribution in [0.4, 0.5) is 0 Å². The first-order valence-corrected chi connectivity index (χ1v) is 11.9. The van der Waals surface area contributed by atoms with Crippen LogP contribution in [0.5, 0.6) is 0 Å². The second-order valence-electron chi connectivity index (χ2n) is 8.48. The fourth-order valence-electron chi connectivity index (χ4n) is 4.60. The van der Waals surface area contributed by atoms with E-state index < -0.39 is 0 Å². The molecule has 5 rings (SSSR count). The van der Waals surface area contributed by atoms with Gasteiger partial charge in [-0.3, -0.25) is 4.79 Å². The molecule has 4 aromatic rings. The maximum Gasteiger partial charge on any atom is 0.155 e. The van der Waals surface area contributed by atoms with Crippen LogP contribution in [0, 0.1) is 19.9 Å². The van der Waals surface area contributed by atoms with Crippen LogP contribution in [0.2, 0.25) is 0 Å². The van der Waals surface area contributed by atoms with E-state index in [0.717, 1.165) is 11.3 Å². The number of nitrogens with zero attached hydrogens (tertiary/aromatic N) is 1. The topological polar surface area (TPSA) is 50.2 Å². The Morgan fingerprint density at radius 1 is 1.18 bits per heavy atom. The Labute approximate surface area is 212 Å². The van der Waals surface area contributed by atoms with Gasteiger partial charge >= 0.3 is 0 Å². The first-order chi connectivity index (χ1) is 15.4. The summed E-state index contributed by atoms with van der Waals surface area (Å²) in [4.78, 5) is 14.8. The molecule has 173 valence electrons. The number of pyridine rings is 1. The smallest absolute Gasteiger partial charge is 0.155 e. The minimum Gasteiger partial charge on any atom is -0.512 e. The van der Waals surface area contributed by atoms with Crippen LogP contribution in [-0.4, -0.2) is 15.9 Å². The van der Waals surface area contributed by atoms with Gasteiger partial charge < -0.3 is 10.1 Å². The summed E-state index contributed by atoms with van der Waals surface area (Å²) < 4.78 is 2.71. The van der Waals surface area contributed by atoms with Gasteiger partial charge in [0.2, 0.25) is 0 Å². The van der Waals surface area contributed by atoms with E-state index in [1.807, 2.05) is 29.7 Å². The molecule has 33 heavy (non-hydrogen) atoms. The zero-order valence-electron chi connectivity index (χ0n) is 19.4. The third-order valence-corrected chi connectivity index (χ3v) is 7.15. The molecule has 0 fully saturated rings. The molecule has 0 atom stereocenters. The summed E-state index contributed by atoms with van der Waals surface area (Å²) in [6, 6.07) is 14.2. The van der Waals surface area contributed by atoms with Gasteiger partial charge in [0.25, 0.3) is 0 Å². The number of rotatable bonds is 2. The summed E-state index contributed by atoms with van der Waals surface area (Å²) in [5, 5.41) is 11.2. The molecule has 1 radical (unpaired) electrons. The van der Waals surface area contributed by atoms with Crippen molar-refractivity contribution in [1.82, 2.24) is 4.98 Å². The molecule has 2 aromatic heterocycles. The van der Waals surface area contributed by atoms with E-state index in [1.54, 1.807) is 11.1 Å². The van der Waals surface area contributed by atoms with E-state index in [1.165, 1.54) is 76.9 Å². The van der Waals surface area contributed by atoms with Gasteiger partial charge in [-0.15, -0.1) is 46.7 Å². The first kappa shape index (κ1) is 25.3. The van der Waals surface area contributed by atoms with Crippen LogP contribution in [0.1, 0.15) is 48.9 Å². The number of carbonyl (C=O) groups excluding carboxylic acids is 1. The third kappa shape index (κ3) is 5.27. The molecule has 5 heteroatoms. The molecule has 3 nitrogen and oxygen atoms in total. The predicted octanol–water partition coefficient (Wildman–Crippen LogP) is 7.45. The molecule has 1 aliphatic rings. The molecular formula is C28H28IrNO2S-. The number of hydrogen-bond donors (Lipinski definition) is 1.